The Labute approximate surface area is 145 Å². The highest BCUT2D eigenvalue weighted by Crippen LogP contribution is 2.26. The number of nitrogens with zero attached hydrogens (tertiary/aromatic N) is 5. The Morgan fingerprint density at radius 2 is 1.88 bits per heavy atom. The first-order valence-electron chi connectivity index (χ1n) is 7.85. The molecule has 1 aliphatic rings. The monoisotopic (exact) mass is 335 g/mol. The van der Waals surface area contributed by atoms with Crippen LogP contribution in [0.1, 0.15) is 5.56 Å². The van der Waals surface area contributed by atoms with Crippen LogP contribution in [0.15, 0.2) is 55.1 Å². The second-order valence-corrected chi connectivity index (χ2v) is 5.51. The summed E-state index contributed by atoms with van der Waals surface area (Å²) in [6.07, 6.45) is 4.98. The van der Waals surface area contributed by atoms with Crippen LogP contribution in [0, 0.1) is 22.0 Å². The highest BCUT2D eigenvalue weighted by molar-refractivity contribution is 5.57. The topological polar surface area (TPSA) is 75.4 Å². The second kappa shape index (κ2) is 7.45. The zero-order valence-electron chi connectivity index (χ0n) is 13.6. The standard InChI is InChI=1S/C18H17N5O2/c1-15(4-5-16-6-9-19-10-7-16)21-11-13-22(14-12-21)18-17(23(24)25)3-2-8-20-18/h2-3,6-10H,1,11-14H2. The fraction of sp³-hybridized carbons (Fsp3) is 0.222. The molecule has 2 aromatic heterocycles. The maximum absolute atomic E-state index is 11.1. The normalized spacial score (nSPS) is 13.8. The fourth-order valence-corrected chi connectivity index (χ4v) is 2.62. The molecule has 0 aromatic carbocycles. The summed E-state index contributed by atoms with van der Waals surface area (Å²) in [6, 6.07) is 6.75. The molecule has 0 atom stereocenters. The van der Waals surface area contributed by atoms with Crippen molar-refractivity contribution in [2.24, 2.45) is 0 Å². The minimum absolute atomic E-state index is 0.0345. The Morgan fingerprint density at radius 3 is 2.56 bits per heavy atom. The molecule has 0 aliphatic carbocycles. The highest BCUT2D eigenvalue weighted by atomic mass is 16.6. The maximum atomic E-state index is 11.1. The van der Waals surface area contributed by atoms with E-state index in [1.54, 1.807) is 24.7 Å². The van der Waals surface area contributed by atoms with E-state index >= 15 is 0 Å². The molecule has 7 nitrogen and oxygen atoms in total. The molecular formula is C18H17N5O2. The summed E-state index contributed by atoms with van der Waals surface area (Å²) < 4.78 is 0. The first kappa shape index (κ1) is 16.5. The predicted molar refractivity (Wildman–Crippen MR) is 94.9 cm³/mol. The van der Waals surface area contributed by atoms with Crippen LogP contribution in [0.3, 0.4) is 0 Å². The third kappa shape index (κ3) is 3.93. The summed E-state index contributed by atoms with van der Waals surface area (Å²) in [6.45, 7) is 6.68. The van der Waals surface area contributed by atoms with Crippen LogP contribution in [0.5, 0.6) is 0 Å². The Morgan fingerprint density at radius 1 is 1.16 bits per heavy atom. The third-order valence-corrected chi connectivity index (χ3v) is 3.96. The van der Waals surface area contributed by atoms with E-state index in [9.17, 15) is 10.1 Å². The number of allylic oxidation sites excluding steroid dienone is 1. The molecule has 3 heterocycles. The van der Waals surface area contributed by atoms with Gasteiger partial charge in [-0.15, -0.1) is 0 Å². The SMILES string of the molecule is C=C(C#Cc1ccncc1)N1CCN(c2ncccc2[N+](=O)[O-])CC1. The van der Waals surface area contributed by atoms with Crippen molar-refractivity contribution in [3.8, 4) is 11.8 Å². The lowest BCUT2D eigenvalue weighted by molar-refractivity contribution is -0.384. The van der Waals surface area contributed by atoms with Gasteiger partial charge in [-0.2, -0.15) is 0 Å². The molecule has 0 amide bonds. The van der Waals surface area contributed by atoms with Gasteiger partial charge in [-0.1, -0.05) is 12.5 Å². The van der Waals surface area contributed by atoms with Crippen molar-refractivity contribution in [2.45, 2.75) is 0 Å². The minimum atomic E-state index is -0.395. The van der Waals surface area contributed by atoms with Crippen molar-refractivity contribution >= 4 is 11.5 Å². The number of pyridine rings is 2. The number of anilines is 1. The van der Waals surface area contributed by atoms with Crippen LogP contribution >= 0.6 is 0 Å². The van der Waals surface area contributed by atoms with Crippen LogP contribution < -0.4 is 4.90 Å². The average Bonchev–Trinajstić information content (AvgIpc) is 2.67. The van der Waals surface area contributed by atoms with E-state index in [0.717, 1.165) is 11.3 Å². The number of nitro groups is 1. The largest absolute Gasteiger partial charge is 0.362 e. The Kier molecular flexibility index (Phi) is 4.90. The molecule has 0 saturated carbocycles. The molecular weight excluding hydrogens is 318 g/mol. The second-order valence-electron chi connectivity index (χ2n) is 5.51. The molecule has 0 unspecified atom stereocenters. The quantitative estimate of drug-likeness (QED) is 0.486. The molecule has 7 heteroatoms. The molecule has 1 saturated heterocycles. The Bertz CT molecular complexity index is 833. The molecule has 25 heavy (non-hydrogen) atoms. The van der Waals surface area contributed by atoms with Gasteiger partial charge in [0.05, 0.1) is 10.6 Å². The van der Waals surface area contributed by atoms with Gasteiger partial charge in [0, 0.05) is 56.4 Å². The van der Waals surface area contributed by atoms with Gasteiger partial charge in [-0.3, -0.25) is 15.1 Å². The minimum Gasteiger partial charge on any atom is -0.362 e. The molecule has 126 valence electrons. The van der Waals surface area contributed by atoms with Crippen LogP contribution in [-0.2, 0) is 0 Å². The lowest BCUT2D eigenvalue weighted by atomic mass is 10.2. The van der Waals surface area contributed by atoms with Gasteiger partial charge in [0.2, 0.25) is 5.82 Å². The number of hydrogen-bond acceptors (Lipinski definition) is 6. The number of rotatable bonds is 3. The molecule has 3 rings (SSSR count). The van der Waals surface area contributed by atoms with Crippen molar-refractivity contribution in [2.75, 3.05) is 31.1 Å². The Balaban J connectivity index is 1.64. The van der Waals surface area contributed by atoms with Gasteiger partial charge in [0.25, 0.3) is 0 Å². The lowest BCUT2D eigenvalue weighted by Crippen LogP contribution is -2.46. The highest BCUT2D eigenvalue weighted by Gasteiger charge is 2.24. The summed E-state index contributed by atoms with van der Waals surface area (Å²) in [4.78, 5) is 22.9. The van der Waals surface area contributed by atoms with Gasteiger partial charge >= 0.3 is 5.69 Å². The fourth-order valence-electron chi connectivity index (χ4n) is 2.62. The molecule has 0 radical (unpaired) electrons. The summed E-state index contributed by atoms with van der Waals surface area (Å²) in [5.74, 6) is 6.54. The van der Waals surface area contributed by atoms with Crippen molar-refractivity contribution in [1.82, 2.24) is 14.9 Å². The molecule has 1 fully saturated rings. The summed E-state index contributed by atoms with van der Waals surface area (Å²) >= 11 is 0. The zero-order chi connectivity index (χ0) is 17.6. The lowest BCUT2D eigenvalue weighted by Gasteiger charge is -2.35. The van der Waals surface area contributed by atoms with Crippen molar-refractivity contribution in [1.29, 1.82) is 0 Å². The van der Waals surface area contributed by atoms with Crippen LogP contribution in [0.25, 0.3) is 0 Å². The number of hydrogen-bond donors (Lipinski definition) is 0. The van der Waals surface area contributed by atoms with Crippen molar-refractivity contribution in [3.63, 3.8) is 0 Å². The first-order chi connectivity index (χ1) is 12.1. The maximum Gasteiger partial charge on any atom is 0.311 e. The van der Waals surface area contributed by atoms with E-state index < -0.39 is 4.92 Å². The van der Waals surface area contributed by atoms with Gasteiger partial charge in [-0.25, -0.2) is 4.98 Å². The first-order valence-corrected chi connectivity index (χ1v) is 7.85. The molecule has 1 aliphatic heterocycles. The average molecular weight is 335 g/mol. The number of aromatic nitrogens is 2. The van der Waals surface area contributed by atoms with E-state index in [-0.39, 0.29) is 5.69 Å². The van der Waals surface area contributed by atoms with Crippen LogP contribution in [-0.4, -0.2) is 46.0 Å². The third-order valence-electron chi connectivity index (χ3n) is 3.96. The van der Waals surface area contributed by atoms with Crippen molar-refractivity contribution in [3.05, 3.63) is 70.8 Å². The summed E-state index contributed by atoms with van der Waals surface area (Å²) in [5, 5.41) is 11.1. The predicted octanol–water partition coefficient (Wildman–Crippen LogP) is 2.07. The van der Waals surface area contributed by atoms with Gasteiger partial charge in [0.1, 0.15) is 0 Å². The van der Waals surface area contributed by atoms with Crippen LogP contribution in [0.4, 0.5) is 11.5 Å². The van der Waals surface area contributed by atoms with Gasteiger partial charge < -0.3 is 9.80 Å². The number of piperazine rings is 1. The van der Waals surface area contributed by atoms with Crippen molar-refractivity contribution < 1.29 is 4.92 Å². The van der Waals surface area contributed by atoms with E-state index in [0.29, 0.717) is 32.0 Å². The molecule has 0 spiro atoms. The Hall–Kier alpha value is -3.40. The van der Waals surface area contributed by atoms with E-state index in [1.807, 2.05) is 17.0 Å². The van der Waals surface area contributed by atoms with E-state index in [1.165, 1.54) is 6.07 Å². The summed E-state index contributed by atoms with van der Waals surface area (Å²) in [7, 11) is 0. The van der Waals surface area contributed by atoms with E-state index in [2.05, 4.69) is 33.3 Å². The molecule has 2 aromatic rings. The molecule has 0 N–H and O–H groups in total. The van der Waals surface area contributed by atoms with E-state index in [4.69, 9.17) is 0 Å². The molecule has 0 bridgehead atoms. The zero-order valence-corrected chi connectivity index (χ0v) is 13.6. The summed E-state index contributed by atoms with van der Waals surface area (Å²) in [5.41, 5.74) is 1.66. The van der Waals surface area contributed by atoms with Gasteiger partial charge in [-0.05, 0) is 24.1 Å². The van der Waals surface area contributed by atoms with Crippen LogP contribution in [0.2, 0.25) is 0 Å². The smallest absolute Gasteiger partial charge is 0.311 e. The van der Waals surface area contributed by atoms with Gasteiger partial charge in [0.15, 0.2) is 0 Å².